The normalized spacial score (nSPS) is 12.7. The molecular weight excluding hydrogens is 480 g/mol. The number of hydrogen-bond acceptors (Lipinski definition) is 4. The Kier molecular flexibility index (Phi) is 13.2. The lowest BCUT2D eigenvalue weighted by molar-refractivity contribution is -0.149. The van der Waals surface area contributed by atoms with Gasteiger partial charge in [-0.15, -0.1) is 0 Å². The Morgan fingerprint density at radius 2 is 1.26 bits per heavy atom. The topological polar surface area (TPSA) is 52.1 Å². The second-order valence-corrected chi connectivity index (χ2v) is 11.1. The zero-order chi connectivity index (χ0) is 27.9. The number of nitrogens with zero attached hydrogens (tertiary/aromatic N) is 2. The maximum atomic E-state index is 12.1. The summed E-state index contributed by atoms with van der Waals surface area (Å²) < 4.78 is 5.60. The summed E-state index contributed by atoms with van der Waals surface area (Å²) in [5.41, 5.74) is 5.74. The molecule has 0 aliphatic heterocycles. The minimum atomic E-state index is -0.126. The summed E-state index contributed by atoms with van der Waals surface area (Å²) in [4.78, 5) is 21.3. The van der Waals surface area contributed by atoms with Crippen molar-refractivity contribution < 1.29 is 9.53 Å². The fourth-order valence-electron chi connectivity index (χ4n) is 4.82. The van der Waals surface area contributed by atoms with Crippen molar-refractivity contribution in [2.75, 3.05) is 0 Å². The molecule has 3 rings (SSSR count). The van der Waals surface area contributed by atoms with E-state index in [2.05, 4.69) is 79.3 Å². The molecule has 2 atom stereocenters. The van der Waals surface area contributed by atoms with Gasteiger partial charge in [-0.2, -0.15) is 0 Å². The minimum absolute atomic E-state index is 0.101. The smallest absolute Gasteiger partial charge is 0.306 e. The van der Waals surface area contributed by atoms with E-state index in [-0.39, 0.29) is 12.1 Å². The summed E-state index contributed by atoms with van der Waals surface area (Å²) in [6.45, 7) is 8.41. The number of carbonyl (C=O) groups excluding carboxylic acids is 1. The first-order valence-electron chi connectivity index (χ1n) is 15.2. The van der Waals surface area contributed by atoms with Gasteiger partial charge in [0.05, 0.1) is 0 Å². The number of rotatable bonds is 17. The number of esters is 1. The van der Waals surface area contributed by atoms with Crippen LogP contribution in [0, 0.1) is 5.92 Å². The Hall–Kier alpha value is -3.01. The molecule has 4 nitrogen and oxygen atoms in total. The van der Waals surface area contributed by atoms with Crippen LogP contribution in [0.4, 0.5) is 0 Å². The van der Waals surface area contributed by atoms with E-state index in [4.69, 9.17) is 4.74 Å². The minimum Gasteiger partial charge on any atom is -0.462 e. The van der Waals surface area contributed by atoms with Crippen LogP contribution in [-0.4, -0.2) is 22.0 Å². The molecule has 0 N–H and O–H groups in total. The molecule has 39 heavy (non-hydrogen) atoms. The van der Waals surface area contributed by atoms with E-state index in [0.717, 1.165) is 41.8 Å². The molecule has 0 fully saturated rings. The zero-order valence-corrected chi connectivity index (χ0v) is 24.6. The molecule has 2 unspecified atom stereocenters. The lowest BCUT2D eigenvalue weighted by Crippen LogP contribution is -2.18. The summed E-state index contributed by atoms with van der Waals surface area (Å²) in [5, 5.41) is 0. The summed E-state index contributed by atoms with van der Waals surface area (Å²) in [6, 6.07) is 16.9. The van der Waals surface area contributed by atoms with Crippen molar-refractivity contribution in [3.05, 3.63) is 72.1 Å². The lowest BCUT2D eigenvalue weighted by atomic mass is 10.0. The lowest BCUT2D eigenvalue weighted by Gasteiger charge is -2.15. The monoisotopic (exact) mass is 528 g/mol. The van der Waals surface area contributed by atoms with Gasteiger partial charge < -0.3 is 4.74 Å². The first-order chi connectivity index (χ1) is 19.0. The highest BCUT2D eigenvalue weighted by Gasteiger charge is 2.13. The van der Waals surface area contributed by atoms with E-state index in [0.29, 0.717) is 12.3 Å². The second kappa shape index (κ2) is 16.8. The van der Waals surface area contributed by atoms with Gasteiger partial charge >= 0.3 is 5.97 Å². The molecule has 1 aromatic heterocycles. The van der Waals surface area contributed by atoms with Crippen LogP contribution < -0.4 is 0 Å². The molecule has 0 bridgehead atoms. The van der Waals surface area contributed by atoms with Crippen LogP contribution in [0.5, 0.6) is 0 Å². The number of ether oxygens (including phenoxy) is 1. The molecule has 2 aromatic carbocycles. The van der Waals surface area contributed by atoms with E-state index >= 15 is 0 Å². The van der Waals surface area contributed by atoms with Crippen LogP contribution in [-0.2, 0) is 22.4 Å². The van der Waals surface area contributed by atoms with Gasteiger partial charge in [-0.1, -0.05) is 121 Å². The largest absolute Gasteiger partial charge is 0.462 e. The second-order valence-electron chi connectivity index (χ2n) is 11.1. The highest BCUT2D eigenvalue weighted by Crippen LogP contribution is 2.24. The number of unbranched alkanes of at least 4 members (excludes halogenated alkanes) is 7. The van der Waals surface area contributed by atoms with Gasteiger partial charge in [0.15, 0.2) is 5.82 Å². The SMILES string of the molecule is CCCCCCCCCCc1cnc(-c2ccc(-c3ccc(CC(C)OC(=O)CC(C)CC)cc3)cc2)nc1. The van der Waals surface area contributed by atoms with Crippen LogP contribution in [0.15, 0.2) is 60.9 Å². The van der Waals surface area contributed by atoms with Gasteiger partial charge in [-0.3, -0.25) is 4.79 Å². The van der Waals surface area contributed by atoms with Crippen molar-refractivity contribution in [2.24, 2.45) is 5.92 Å². The number of aromatic nitrogens is 2. The van der Waals surface area contributed by atoms with Gasteiger partial charge in [-0.25, -0.2) is 9.97 Å². The average molecular weight is 529 g/mol. The van der Waals surface area contributed by atoms with Crippen molar-refractivity contribution in [1.82, 2.24) is 9.97 Å². The molecule has 0 aliphatic rings. The predicted molar refractivity (Wildman–Crippen MR) is 163 cm³/mol. The Morgan fingerprint density at radius 1 is 0.718 bits per heavy atom. The molecule has 0 saturated heterocycles. The maximum Gasteiger partial charge on any atom is 0.306 e. The van der Waals surface area contributed by atoms with E-state index in [1.165, 1.54) is 62.5 Å². The van der Waals surface area contributed by atoms with Crippen molar-refractivity contribution in [3.63, 3.8) is 0 Å². The van der Waals surface area contributed by atoms with Gasteiger partial charge in [0.25, 0.3) is 0 Å². The third kappa shape index (κ3) is 10.9. The molecule has 0 aliphatic carbocycles. The van der Waals surface area contributed by atoms with E-state index in [1.54, 1.807) is 0 Å². The van der Waals surface area contributed by atoms with Crippen molar-refractivity contribution in [3.8, 4) is 22.5 Å². The molecule has 0 radical (unpaired) electrons. The first kappa shape index (κ1) is 30.5. The average Bonchev–Trinajstić information content (AvgIpc) is 2.95. The molecule has 0 amide bonds. The summed E-state index contributed by atoms with van der Waals surface area (Å²) >= 11 is 0. The quantitative estimate of drug-likeness (QED) is 0.129. The number of hydrogen-bond donors (Lipinski definition) is 0. The third-order valence-corrected chi connectivity index (χ3v) is 7.52. The van der Waals surface area contributed by atoms with Gasteiger partial charge in [0.1, 0.15) is 6.10 Å². The highest BCUT2D eigenvalue weighted by atomic mass is 16.5. The summed E-state index contributed by atoms with van der Waals surface area (Å²) in [5.74, 6) is 1.04. The number of carbonyl (C=O) groups is 1. The standard InChI is InChI=1S/C35H48N2O2/c1-5-7-8-9-10-11-12-13-14-30-25-36-35(37-26-30)33-21-19-32(20-22-33)31-17-15-29(16-18-31)24-28(4)39-34(38)23-27(3)6-2/h15-22,25-28H,5-14,23-24H2,1-4H3. The number of aryl methyl sites for hydroxylation is 1. The summed E-state index contributed by atoms with van der Waals surface area (Å²) in [6.07, 6.45) is 17.8. The Balaban J connectivity index is 1.45. The highest BCUT2D eigenvalue weighted by molar-refractivity contribution is 5.70. The van der Waals surface area contributed by atoms with E-state index in [9.17, 15) is 4.79 Å². The van der Waals surface area contributed by atoms with Crippen LogP contribution in [0.2, 0.25) is 0 Å². The number of benzene rings is 2. The zero-order valence-electron chi connectivity index (χ0n) is 24.6. The summed E-state index contributed by atoms with van der Waals surface area (Å²) in [7, 11) is 0. The fourth-order valence-corrected chi connectivity index (χ4v) is 4.82. The van der Waals surface area contributed by atoms with Crippen molar-refractivity contribution in [1.29, 1.82) is 0 Å². The molecule has 1 heterocycles. The van der Waals surface area contributed by atoms with E-state index in [1.807, 2.05) is 19.3 Å². The Bertz CT molecular complexity index is 1090. The van der Waals surface area contributed by atoms with Gasteiger partial charge in [-0.05, 0) is 47.9 Å². The third-order valence-electron chi connectivity index (χ3n) is 7.52. The van der Waals surface area contributed by atoms with Crippen LogP contribution in [0.3, 0.4) is 0 Å². The van der Waals surface area contributed by atoms with E-state index < -0.39 is 0 Å². The van der Waals surface area contributed by atoms with Crippen LogP contribution >= 0.6 is 0 Å². The predicted octanol–water partition coefficient (Wildman–Crippen LogP) is 9.40. The first-order valence-corrected chi connectivity index (χ1v) is 15.2. The Labute approximate surface area is 236 Å². The maximum absolute atomic E-state index is 12.1. The van der Waals surface area contributed by atoms with Crippen LogP contribution in [0.25, 0.3) is 22.5 Å². The molecule has 0 spiro atoms. The molecular formula is C35H48N2O2. The van der Waals surface area contributed by atoms with Crippen molar-refractivity contribution >= 4 is 5.97 Å². The molecule has 3 aromatic rings. The fraction of sp³-hybridized carbons (Fsp3) is 0.514. The van der Waals surface area contributed by atoms with Crippen molar-refractivity contribution in [2.45, 2.75) is 111 Å². The Morgan fingerprint density at radius 3 is 1.85 bits per heavy atom. The molecule has 210 valence electrons. The van der Waals surface area contributed by atoms with Gasteiger partial charge in [0, 0.05) is 30.8 Å². The van der Waals surface area contributed by atoms with Gasteiger partial charge in [0.2, 0.25) is 0 Å². The van der Waals surface area contributed by atoms with Crippen LogP contribution in [0.1, 0.15) is 103 Å². The molecule has 0 saturated carbocycles. The molecule has 4 heteroatoms.